The lowest BCUT2D eigenvalue weighted by molar-refractivity contribution is 0.353. The first-order valence-corrected chi connectivity index (χ1v) is 14.7. The summed E-state index contributed by atoms with van der Waals surface area (Å²) in [4.78, 5) is 15.9. The molecule has 2 aromatic heterocycles. The summed E-state index contributed by atoms with van der Waals surface area (Å²) in [7, 11) is -1.69. The van der Waals surface area contributed by atoms with Gasteiger partial charge in [-0.3, -0.25) is 4.79 Å². The molecular formula is C28H31ClN4O3S. The van der Waals surface area contributed by atoms with Crippen LogP contribution in [0, 0.1) is 0 Å². The van der Waals surface area contributed by atoms with Crippen LogP contribution in [0.5, 0.6) is 0 Å². The molecule has 0 atom stereocenters. The van der Waals surface area contributed by atoms with Gasteiger partial charge in [-0.05, 0) is 67.6 Å². The van der Waals surface area contributed by atoms with Crippen LogP contribution >= 0.6 is 11.6 Å². The number of aromatic amines is 1. The summed E-state index contributed by atoms with van der Waals surface area (Å²) < 4.78 is 26.3. The van der Waals surface area contributed by atoms with Gasteiger partial charge in [-0.2, -0.15) is 0 Å². The zero-order chi connectivity index (χ0) is 26.2. The first kappa shape index (κ1) is 25.6. The van der Waals surface area contributed by atoms with Gasteiger partial charge in [-0.15, -0.1) is 0 Å². The van der Waals surface area contributed by atoms with Crippen LogP contribution in [-0.4, -0.2) is 36.3 Å². The van der Waals surface area contributed by atoms with E-state index in [9.17, 15) is 13.2 Å². The fourth-order valence-electron chi connectivity index (χ4n) is 5.11. The Labute approximate surface area is 221 Å². The summed E-state index contributed by atoms with van der Waals surface area (Å²) in [5.41, 5.74) is 4.04. The molecule has 1 fully saturated rings. The van der Waals surface area contributed by atoms with Crippen LogP contribution in [0.4, 0.5) is 5.69 Å². The van der Waals surface area contributed by atoms with Gasteiger partial charge in [0.15, 0.2) is 9.84 Å². The molecule has 4 aromatic rings. The fourth-order valence-corrected chi connectivity index (χ4v) is 5.89. The minimum atomic E-state index is -3.40. The standard InChI is InChI=1S/C28H31ClN4O3S/c1-33-17-25(23-13-14-30-27(23)28(33)34)24-15-22(37(2,35)36)11-12-26(24)32-21-9-7-20(8-10-21)31-16-18-3-5-19(29)6-4-18/h3-6,11-15,17,20-21,30-32H,7-10,16H2,1-2H3. The number of hydrogen-bond donors (Lipinski definition) is 3. The van der Waals surface area contributed by atoms with Gasteiger partial charge >= 0.3 is 0 Å². The van der Waals surface area contributed by atoms with E-state index in [1.54, 1.807) is 31.6 Å². The molecule has 2 aromatic carbocycles. The molecule has 2 heterocycles. The molecule has 0 aliphatic heterocycles. The molecule has 194 valence electrons. The van der Waals surface area contributed by atoms with Crippen LogP contribution in [0.15, 0.2) is 70.6 Å². The van der Waals surface area contributed by atoms with Gasteiger partial charge in [0.2, 0.25) is 0 Å². The molecular weight excluding hydrogens is 508 g/mol. The molecule has 1 saturated carbocycles. The highest BCUT2D eigenvalue weighted by Crippen LogP contribution is 2.36. The van der Waals surface area contributed by atoms with Crippen LogP contribution in [0.2, 0.25) is 5.02 Å². The molecule has 0 spiro atoms. The second-order valence-electron chi connectivity index (χ2n) is 9.90. The van der Waals surface area contributed by atoms with E-state index in [-0.39, 0.29) is 16.5 Å². The number of pyridine rings is 1. The van der Waals surface area contributed by atoms with Crippen molar-refractivity contribution in [3.63, 3.8) is 0 Å². The SMILES string of the molecule is Cn1cc(-c2cc(S(C)(=O)=O)ccc2NC2CCC(NCc3ccc(Cl)cc3)CC2)c2cc[nH]c2c1=O. The van der Waals surface area contributed by atoms with Gasteiger partial charge in [0, 0.05) is 71.5 Å². The Morgan fingerprint density at radius 2 is 1.70 bits per heavy atom. The maximum absolute atomic E-state index is 12.6. The second-order valence-corrected chi connectivity index (χ2v) is 12.4. The third kappa shape index (κ3) is 5.61. The van der Waals surface area contributed by atoms with E-state index < -0.39 is 9.84 Å². The molecule has 0 unspecified atom stereocenters. The van der Waals surface area contributed by atoms with E-state index in [0.29, 0.717) is 11.6 Å². The molecule has 1 aliphatic carbocycles. The van der Waals surface area contributed by atoms with Crippen molar-refractivity contribution in [1.82, 2.24) is 14.9 Å². The van der Waals surface area contributed by atoms with Crippen LogP contribution in [0.1, 0.15) is 31.2 Å². The lowest BCUT2D eigenvalue weighted by Gasteiger charge is -2.31. The van der Waals surface area contributed by atoms with Crippen molar-refractivity contribution < 1.29 is 8.42 Å². The molecule has 5 rings (SSSR count). The molecule has 1 aliphatic rings. The van der Waals surface area contributed by atoms with Crippen molar-refractivity contribution in [1.29, 1.82) is 0 Å². The Morgan fingerprint density at radius 1 is 1.00 bits per heavy atom. The number of rotatable bonds is 7. The zero-order valence-electron chi connectivity index (χ0n) is 20.9. The number of hydrogen-bond acceptors (Lipinski definition) is 5. The third-order valence-corrected chi connectivity index (χ3v) is 8.56. The number of aromatic nitrogens is 2. The van der Waals surface area contributed by atoms with Crippen molar-refractivity contribution in [3.05, 3.63) is 81.9 Å². The molecule has 3 N–H and O–H groups in total. The smallest absolute Gasteiger partial charge is 0.274 e. The third-order valence-electron chi connectivity index (χ3n) is 7.20. The van der Waals surface area contributed by atoms with Gasteiger partial charge in [-0.1, -0.05) is 23.7 Å². The van der Waals surface area contributed by atoms with Gasteiger partial charge in [0.1, 0.15) is 5.52 Å². The van der Waals surface area contributed by atoms with Crippen molar-refractivity contribution in [3.8, 4) is 11.1 Å². The van der Waals surface area contributed by atoms with Crippen LogP contribution in [0.25, 0.3) is 22.0 Å². The Kier molecular flexibility index (Phi) is 7.16. The minimum Gasteiger partial charge on any atom is -0.382 e. The molecule has 9 heteroatoms. The molecule has 0 amide bonds. The van der Waals surface area contributed by atoms with Crippen LogP contribution < -0.4 is 16.2 Å². The molecule has 0 saturated heterocycles. The largest absolute Gasteiger partial charge is 0.382 e. The highest BCUT2D eigenvalue weighted by molar-refractivity contribution is 7.90. The lowest BCUT2D eigenvalue weighted by atomic mass is 9.90. The minimum absolute atomic E-state index is 0.123. The molecule has 0 radical (unpaired) electrons. The lowest BCUT2D eigenvalue weighted by Crippen LogP contribution is -2.36. The molecule has 37 heavy (non-hydrogen) atoms. The quantitative estimate of drug-likeness (QED) is 0.304. The Hall–Kier alpha value is -3.07. The zero-order valence-corrected chi connectivity index (χ0v) is 22.5. The van der Waals surface area contributed by atoms with Crippen LogP contribution in [0.3, 0.4) is 0 Å². The van der Waals surface area contributed by atoms with Gasteiger partial charge < -0.3 is 20.2 Å². The number of benzene rings is 2. The Balaban J connectivity index is 1.36. The van der Waals surface area contributed by atoms with Crippen molar-refractivity contribution in [2.75, 3.05) is 11.6 Å². The average Bonchev–Trinajstić information content (AvgIpc) is 3.37. The van der Waals surface area contributed by atoms with Gasteiger partial charge in [0.05, 0.1) is 4.90 Å². The first-order chi connectivity index (χ1) is 17.7. The number of nitrogens with one attached hydrogen (secondary N) is 3. The number of aryl methyl sites for hydroxylation is 1. The molecule has 7 nitrogen and oxygen atoms in total. The second kappa shape index (κ2) is 10.4. The highest BCUT2D eigenvalue weighted by Gasteiger charge is 2.23. The number of nitrogens with zero attached hydrogens (tertiary/aromatic N) is 1. The maximum atomic E-state index is 12.6. The molecule has 0 bridgehead atoms. The monoisotopic (exact) mass is 538 g/mol. The summed E-state index contributed by atoms with van der Waals surface area (Å²) in [6.07, 6.45) is 8.82. The van der Waals surface area contributed by atoms with E-state index >= 15 is 0 Å². The summed E-state index contributed by atoms with van der Waals surface area (Å²) in [5, 5.41) is 8.86. The van der Waals surface area contributed by atoms with Gasteiger partial charge in [0.25, 0.3) is 5.56 Å². The van der Waals surface area contributed by atoms with Crippen LogP contribution in [-0.2, 0) is 23.4 Å². The van der Waals surface area contributed by atoms with Crippen molar-refractivity contribution in [2.45, 2.75) is 49.2 Å². The number of halogens is 1. The maximum Gasteiger partial charge on any atom is 0.274 e. The number of sulfone groups is 1. The average molecular weight is 539 g/mol. The summed E-state index contributed by atoms with van der Waals surface area (Å²) >= 11 is 5.99. The first-order valence-electron chi connectivity index (χ1n) is 12.4. The summed E-state index contributed by atoms with van der Waals surface area (Å²) in [6, 6.07) is 15.7. The van der Waals surface area contributed by atoms with Gasteiger partial charge in [-0.25, -0.2) is 8.42 Å². The number of fused-ring (bicyclic) bond motifs is 1. The predicted octanol–water partition coefficient (Wildman–Crippen LogP) is 5.10. The topological polar surface area (TPSA) is 96.0 Å². The summed E-state index contributed by atoms with van der Waals surface area (Å²) in [5.74, 6) is 0. The van der Waals surface area contributed by atoms with E-state index in [4.69, 9.17) is 11.6 Å². The normalized spacial score (nSPS) is 18.2. The van der Waals surface area contributed by atoms with E-state index in [1.807, 2.05) is 36.4 Å². The number of anilines is 1. The van der Waals surface area contributed by atoms with Crippen molar-refractivity contribution >= 4 is 38.0 Å². The highest BCUT2D eigenvalue weighted by atomic mass is 35.5. The van der Waals surface area contributed by atoms with E-state index in [0.717, 1.165) is 59.5 Å². The van der Waals surface area contributed by atoms with Crippen molar-refractivity contribution in [2.24, 2.45) is 7.05 Å². The van der Waals surface area contributed by atoms with E-state index in [2.05, 4.69) is 15.6 Å². The summed E-state index contributed by atoms with van der Waals surface area (Å²) in [6.45, 7) is 0.816. The van der Waals surface area contributed by atoms with E-state index in [1.165, 1.54) is 16.4 Å². The number of H-pyrrole nitrogens is 1. The predicted molar refractivity (Wildman–Crippen MR) is 150 cm³/mol. The Bertz CT molecular complexity index is 1580. The fraction of sp³-hybridized carbons (Fsp3) is 0.321. The Morgan fingerprint density at radius 3 is 2.41 bits per heavy atom.